The molecule has 4 rings (SSSR count). The highest BCUT2D eigenvalue weighted by atomic mass is 19.4. The zero-order valence-corrected chi connectivity index (χ0v) is 16.7. The summed E-state index contributed by atoms with van der Waals surface area (Å²) in [5.74, 6) is 0.349. The number of aromatic nitrogens is 2. The minimum absolute atomic E-state index is 0.186. The molecule has 2 aliphatic rings. The Morgan fingerprint density at radius 1 is 1.29 bits per heavy atom. The third-order valence-corrected chi connectivity index (χ3v) is 5.25. The van der Waals surface area contributed by atoms with Gasteiger partial charge in [-0.3, -0.25) is 9.30 Å². The van der Waals surface area contributed by atoms with E-state index < -0.39 is 23.0 Å². The molecule has 0 saturated carbocycles. The number of benzene rings is 1. The molecule has 0 spiro atoms. The number of hydrogen-bond acceptors (Lipinski definition) is 7. The van der Waals surface area contributed by atoms with Gasteiger partial charge in [-0.2, -0.15) is 0 Å². The molecule has 0 amide bonds. The molecule has 12 heteroatoms. The van der Waals surface area contributed by atoms with Gasteiger partial charge in [0.15, 0.2) is 5.60 Å². The van der Waals surface area contributed by atoms with Crippen LogP contribution in [0.5, 0.6) is 11.8 Å². The molecule has 0 radical (unpaired) electrons. The second-order valence-electron chi connectivity index (χ2n) is 7.85. The van der Waals surface area contributed by atoms with Gasteiger partial charge >= 0.3 is 18.2 Å². The lowest BCUT2D eigenvalue weighted by Crippen LogP contribution is -2.39. The van der Waals surface area contributed by atoms with Crippen LogP contribution in [0.15, 0.2) is 30.5 Å². The van der Waals surface area contributed by atoms with Crippen LogP contribution in [0, 0.1) is 10.1 Å². The van der Waals surface area contributed by atoms with Crippen molar-refractivity contribution in [2.45, 2.75) is 44.4 Å². The summed E-state index contributed by atoms with van der Waals surface area (Å²) in [4.78, 5) is 16.1. The second-order valence-corrected chi connectivity index (χ2v) is 7.85. The number of halogens is 3. The van der Waals surface area contributed by atoms with Gasteiger partial charge in [0.2, 0.25) is 0 Å². The summed E-state index contributed by atoms with van der Waals surface area (Å²) >= 11 is 0. The summed E-state index contributed by atoms with van der Waals surface area (Å²) in [6, 6.07) is 7.47. The monoisotopic (exact) mass is 442 g/mol. The number of fused-ring (bicyclic) bond motifs is 1. The lowest BCUT2D eigenvalue weighted by atomic mass is 10.1. The van der Waals surface area contributed by atoms with Gasteiger partial charge in [0.25, 0.3) is 0 Å². The van der Waals surface area contributed by atoms with Crippen molar-refractivity contribution >= 4 is 11.5 Å². The first-order chi connectivity index (χ1) is 14.6. The number of ether oxygens (including phenoxy) is 3. The molecule has 0 bridgehead atoms. The maximum absolute atomic E-state index is 12.3. The van der Waals surface area contributed by atoms with Crippen molar-refractivity contribution in [2.75, 3.05) is 24.6 Å². The van der Waals surface area contributed by atoms with Crippen molar-refractivity contribution in [1.29, 1.82) is 0 Å². The highest BCUT2D eigenvalue weighted by Gasteiger charge is 2.41. The standard InChI is InChI=1S/C19H21F3N4O5/c1-18(11-25-10-16(26(27)28)23-17(25)31-18)12-29-14-4-2-13(3-5-14)24-8-6-15(7-9-24)30-19(20,21)22/h2-5,10,15H,6-9,11-12H2,1H3/t18-/m1/s1. The molecule has 1 aromatic heterocycles. The molecule has 0 N–H and O–H groups in total. The Balaban J connectivity index is 1.27. The van der Waals surface area contributed by atoms with Crippen LogP contribution < -0.4 is 14.4 Å². The maximum atomic E-state index is 12.3. The van der Waals surface area contributed by atoms with Crippen LogP contribution >= 0.6 is 0 Å². The van der Waals surface area contributed by atoms with Crippen molar-refractivity contribution in [2.24, 2.45) is 0 Å². The number of anilines is 1. The predicted octanol–water partition coefficient (Wildman–Crippen LogP) is 3.53. The molecule has 168 valence electrons. The van der Waals surface area contributed by atoms with E-state index in [1.54, 1.807) is 16.7 Å². The quantitative estimate of drug-likeness (QED) is 0.499. The number of nitrogens with zero attached hydrogens (tertiary/aromatic N) is 4. The lowest BCUT2D eigenvalue weighted by Gasteiger charge is -2.33. The van der Waals surface area contributed by atoms with Crippen LogP contribution in [-0.2, 0) is 11.3 Å². The van der Waals surface area contributed by atoms with Crippen LogP contribution in [0.3, 0.4) is 0 Å². The number of hydrogen-bond donors (Lipinski definition) is 0. The highest BCUT2D eigenvalue weighted by molar-refractivity contribution is 5.49. The van der Waals surface area contributed by atoms with E-state index in [1.165, 1.54) is 6.20 Å². The summed E-state index contributed by atoms with van der Waals surface area (Å²) < 4.78 is 54.2. The molecule has 9 nitrogen and oxygen atoms in total. The van der Waals surface area contributed by atoms with Gasteiger partial charge in [-0.15, -0.1) is 13.2 Å². The fourth-order valence-electron chi connectivity index (χ4n) is 3.77. The van der Waals surface area contributed by atoms with Crippen molar-refractivity contribution in [3.63, 3.8) is 0 Å². The van der Waals surface area contributed by atoms with Crippen molar-refractivity contribution < 1.29 is 32.3 Å². The lowest BCUT2D eigenvalue weighted by molar-refractivity contribution is -0.389. The largest absolute Gasteiger partial charge is 0.522 e. The van der Waals surface area contributed by atoms with E-state index in [0.717, 1.165) is 5.69 Å². The van der Waals surface area contributed by atoms with Crippen molar-refractivity contribution in [3.05, 3.63) is 40.6 Å². The van der Waals surface area contributed by atoms with E-state index in [1.807, 2.05) is 24.0 Å². The highest BCUT2D eigenvalue weighted by Crippen LogP contribution is 2.32. The number of alkyl halides is 3. The Bertz CT molecular complexity index is 916. The average Bonchev–Trinajstić information content (AvgIpc) is 3.22. The zero-order valence-electron chi connectivity index (χ0n) is 16.7. The summed E-state index contributed by atoms with van der Waals surface area (Å²) in [6.45, 7) is 3.36. The molecule has 1 saturated heterocycles. The molecule has 0 unspecified atom stereocenters. The average molecular weight is 442 g/mol. The van der Waals surface area contributed by atoms with Crippen LogP contribution in [0.4, 0.5) is 24.7 Å². The number of piperidine rings is 1. The molecule has 31 heavy (non-hydrogen) atoms. The van der Waals surface area contributed by atoms with E-state index in [9.17, 15) is 23.3 Å². The number of imidazole rings is 1. The first-order valence-corrected chi connectivity index (χ1v) is 9.73. The van der Waals surface area contributed by atoms with E-state index >= 15 is 0 Å². The summed E-state index contributed by atoms with van der Waals surface area (Å²) in [7, 11) is 0. The summed E-state index contributed by atoms with van der Waals surface area (Å²) in [5.41, 5.74) is 0.185. The molecule has 0 aliphatic carbocycles. The van der Waals surface area contributed by atoms with Crippen LogP contribution in [0.1, 0.15) is 19.8 Å². The Kier molecular flexibility index (Phi) is 5.42. The normalized spacial score (nSPS) is 21.6. The van der Waals surface area contributed by atoms with Gasteiger partial charge in [-0.05, 0) is 49.0 Å². The summed E-state index contributed by atoms with van der Waals surface area (Å²) in [5, 5.41) is 10.8. The minimum atomic E-state index is -4.60. The summed E-state index contributed by atoms with van der Waals surface area (Å²) in [6.07, 6.45) is -3.46. The Morgan fingerprint density at radius 3 is 2.55 bits per heavy atom. The SMILES string of the molecule is C[C@]1(COc2ccc(N3CCC(OC(F)(F)F)CC3)cc2)Cn2cc([N+](=O)[O-])nc2O1. The number of rotatable bonds is 6. The van der Waals surface area contributed by atoms with Crippen LogP contribution in [0.2, 0.25) is 0 Å². The molecule has 1 fully saturated rings. The van der Waals surface area contributed by atoms with Crippen molar-refractivity contribution in [1.82, 2.24) is 9.55 Å². The fraction of sp³-hybridized carbons (Fsp3) is 0.526. The molecule has 2 aromatic rings. The fourth-order valence-corrected chi connectivity index (χ4v) is 3.77. The topological polar surface area (TPSA) is 91.9 Å². The minimum Gasteiger partial charge on any atom is -0.489 e. The smallest absolute Gasteiger partial charge is 0.489 e. The zero-order chi connectivity index (χ0) is 22.2. The van der Waals surface area contributed by atoms with Gasteiger partial charge in [-0.1, -0.05) is 0 Å². The molecule has 2 aliphatic heterocycles. The molecular formula is C19H21F3N4O5. The Morgan fingerprint density at radius 2 is 1.97 bits per heavy atom. The molecule has 3 heterocycles. The second kappa shape index (κ2) is 7.91. The van der Waals surface area contributed by atoms with Crippen LogP contribution in [-0.4, -0.2) is 52.2 Å². The van der Waals surface area contributed by atoms with Gasteiger partial charge < -0.3 is 24.5 Å². The Labute approximate surface area is 175 Å². The van der Waals surface area contributed by atoms with E-state index in [2.05, 4.69) is 9.72 Å². The van der Waals surface area contributed by atoms with Gasteiger partial charge in [0.05, 0.1) is 12.6 Å². The van der Waals surface area contributed by atoms with E-state index in [0.29, 0.717) is 38.2 Å². The predicted molar refractivity (Wildman–Crippen MR) is 102 cm³/mol. The number of nitro groups is 1. The Hall–Kier alpha value is -3.02. The third-order valence-electron chi connectivity index (χ3n) is 5.25. The van der Waals surface area contributed by atoms with E-state index in [-0.39, 0.29) is 18.4 Å². The van der Waals surface area contributed by atoms with Crippen molar-refractivity contribution in [3.8, 4) is 11.8 Å². The molecule has 1 aromatic carbocycles. The van der Waals surface area contributed by atoms with Gasteiger partial charge in [0.1, 0.15) is 18.6 Å². The van der Waals surface area contributed by atoms with Gasteiger partial charge in [0, 0.05) is 23.8 Å². The van der Waals surface area contributed by atoms with E-state index in [4.69, 9.17) is 9.47 Å². The maximum Gasteiger partial charge on any atom is 0.522 e. The first kappa shape index (κ1) is 21.2. The molecular weight excluding hydrogens is 421 g/mol. The molecule has 1 atom stereocenters. The van der Waals surface area contributed by atoms with Gasteiger partial charge in [-0.25, -0.2) is 0 Å². The third kappa shape index (κ3) is 5.01. The first-order valence-electron chi connectivity index (χ1n) is 9.73. The van der Waals surface area contributed by atoms with Crippen LogP contribution in [0.25, 0.3) is 0 Å².